The lowest BCUT2D eigenvalue weighted by molar-refractivity contribution is 0.0722. The Morgan fingerprint density at radius 3 is 2.71 bits per heavy atom. The molecule has 17 heavy (non-hydrogen) atoms. The molecule has 2 N–H and O–H groups in total. The van der Waals surface area contributed by atoms with Crippen molar-refractivity contribution >= 4 is 5.91 Å². The van der Waals surface area contributed by atoms with Crippen LogP contribution in [0.5, 0.6) is 5.75 Å². The molecule has 0 heterocycles. The first-order chi connectivity index (χ1) is 8.20. The van der Waals surface area contributed by atoms with Crippen LogP contribution in [-0.2, 0) is 4.74 Å². The highest BCUT2D eigenvalue weighted by molar-refractivity contribution is 5.94. The fraction of sp³-hybridized carbons (Fsp3) is 0.462. The summed E-state index contributed by atoms with van der Waals surface area (Å²) in [5.74, 6) is 0.0520. The molecule has 1 fully saturated rings. The Kier molecular flexibility index (Phi) is 3.64. The quantitative estimate of drug-likeness (QED) is 0.838. The molecule has 4 heteroatoms. The minimum Gasteiger partial charge on any atom is -0.508 e. The molecule has 2 unspecified atom stereocenters. The van der Waals surface area contributed by atoms with E-state index in [2.05, 4.69) is 5.32 Å². The molecule has 0 aromatic heterocycles. The molecule has 0 aliphatic heterocycles. The second kappa shape index (κ2) is 5.19. The number of benzene rings is 1. The lowest BCUT2D eigenvalue weighted by Gasteiger charge is -2.19. The van der Waals surface area contributed by atoms with Gasteiger partial charge in [-0.15, -0.1) is 0 Å². The van der Waals surface area contributed by atoms with Crippen LogP contribution in [0.3, 0.4) is 0 Å². The number of rotatable bonds is 3. The van der Waals surface area contributed by atoms with Crippen molar-refractivity contribution in [1.29, 1.82) is 0 Å². The molecule has 2 rings (SSSR count). The standard InChI is InChI=1S/C13H17NO3/c1-17-12-4-2-3-11(12)14-13(16)9-5-7-10(15)8-6-9/h5-8,11-12,15H,2-4H2,1H3,(H,14,16). The number of phenols is 1. The number of hydrogen-bond donors (Lipinski definition) is 2. The van der Waals surface area contributed by atoms with E-state index in [0.29, 0.717) is 5.56 Å². The summed E-state index contributed by atoms with van der Waals surface area (Å²) in [6.45, 7) is 0. The maximum Gasteiger partial charge on any atom is 0.251 e. The number of nitrogens with one attached hydrogen (secondary N) is 1. The molecule has 1 aliphatic carbocycles. The number of hydrogen-bond acceptors (Lipinski definition) is 3. The van der Waals surface area contributed by atoms with Crippen LogP contribution in [0.4, 0.5) is 0 Å². The number of aromatic hydroxyl groups is 1. The Labute approximate surface area is 101 Å². The molecular weight excluding hydrogens is 218 g/mol. The zero-order chi connectivity index (χ0) is 12.3. The van der Waals surface area contributed by atoms with Crippen molar-refractivity contribution in [3.8, 4) is 5.75 Å². The monoisotopic (exact) mass is 235 g/mol. The predicted molar refractivity (Wildman–Crippen MR) is 64.0 cm³/mol. The van der Waals surface area contributed by atoms with Gasteiger partial charge < -0.3 is 15.2 Å². The predicted octanol–water partition coefficient (Wildman–Crippen LogP) is 1.69. The van der Waals surface area contributed by atoms with E-state index in [1.54, 1.807) is 19.2 Å². The van der Waals surface area contributed by atoms with Crippen LogP contribution in [0.1, 0.15) is 29.6 Å². The van der Waals surface area contributed by atoms with Gasteiger partial charge >= 0.3 is 0 Å². The van der Waals surface area contributed by atoms with Gasteiger partial charge in [0.1, 0.15) is 5.75 Å². The minimum absolute atomic E-state index is 0.0984. The first kappa shape index (κ1) is 11.9. The third kappa shape index (κ3) is 2.77. The second-order valence-electron chi connectivity index (χ2n) is 4.33. The van der Waals surface area contributed by atoms with Crippen molar-refractivity contribution in [2.75, 3.05) is 7.11 Å². The molecular formula is C13H17NO3. The van der Waals surface area contributed by atoms with Gasteiger partial charge in [-0.3, -0.25) is 4.79 Å². The first-order valence-corrected chi connectivity index (χ1v) is 5.83. The molecule has 92 valence electrons. The highest BCUT2D eigenvalue weighted by Crippen LogP contribution is 2.22. The molecule has 1 amide bonds. The van der Waals surface area contributed by atoms with E-state index in [1.165, 1.54) is 12.1 Å². The maximum atomic E-state index is 11.9. The number of amides is 1. The lowest BCUT2D eigenvalue weighted by Crippen LogP contribution is -2.40. The van der Waals surface area contributed by atoms with E-state index in [9.17, 15) is 4.79 Å². The number of phenolic OH excluding ortho intramolecular Hbond substituents is 1. The zero-order valence-corrected chi connectivity index (χ0v) is 9.85. The van der Waals surface area contributed by atoms with Crippen molar-refractivity contribution in [3.63, 3.8) is 0 Å². The third-order valence-electron chi connectivity index (χ3n) is 3.20. The highest BCUT2D eigenvalue weighted by Gasteiger charge is 2.28. The van der Waals surface area contributed by atoms with Crippen molar-refractivity contribution in [1.82, 2.24) is 5.32 Å². The van der Waals surface area contributed by atoms with E-state index >= 15 is 0 Å². The Hall–Kier alpha value is -1.55. The van der Waals surface area contributed by atoms with E-state index in [1.807, 2.05) is 0 Å². The SMILES string of the molecule is COC1CCCC1NC(=O)c1ccc(O)cc1. The normalized spacial score (nSPS) is 23.6. The minimum atomic E-state index is -0.112. The van der Waals surface area contributed by atoms with Gasteiger partial charge in [-0.25, -0.2) is 0 Å². The summed E-state index contributed by atoms with van der Waals surface area (Å²) in [6, 6.07) is 6.35. The third-order valence-corrected chi connectivity index (χ3v) is 3.20. The average molecular weight is 235 g/mol. The Morgan fingerprint density at radius 2 is 2.06 bits per heavy atom. The summed E-state index contributed by atoms with van der Waals surface area (Å²) in [5.41, 5.74) is 0.560. The molecule has 0 spiro atoms. The largest absolute Gasteiger partial charge is 0.508 e. The van der Waals surface area contributed by atoms with Crippen LogP contribution in [0, 0.1) is 0 Å². The van der Waals surface area contributed by atoms with Gasteiger partial charge in [0, 0.05) is 12.7 Å². The zero-order valence-electron chi connectivity index (χ0n) is 9.85. The molecule has 0 radical (unpaired) electrons. The second-order valence-corrected chi connectivity index (χ2v) is 4.33. The smallest absolute Gasteiger partial charge is 0.251 e. The van der Waals surface area contributed by atoms with Crippen LogP contribution >= 0.6 is 0 Å². The van der Waals surface area contributed by atoms with Crippen LogP contribution in [-0.4, -0.2) is 30.3 Å². The molecule has 4 nitrogen and oxygen atoms in total. The number of methoxy groups -OCH3 is 1. The summed E-state index contributed by atoms with van der Waals surface area (Å²) in [5, 5.41) is 12.1. The molecule has 1 saturated carbocycles. The average Bonchev–Trinajstić information content (AvgIpc) is 2.77. The number of carbonyl (C=O) groups is 1. The van der Waals surface area contributed by atoms with Crippen molar-refractivity contribution in [2.24, 2.45) is 0 Å². The van der Waals surface area contributed by atoms with Crippen LogP contribution < -0.4 is 5.32 Å². The summed E-state index contributed by atoms with van der Waals surface area (Å²) in [6.07, 6.45) is 3.16. The van der Waals surface area contributed by atoms with Crippen molar-refractivity contribution < 1.29 is 14.6 Å². The topological polar surface area (TPSA) is 58.6 Å². The number of ether oxygens (including phenoxy) is 1. The van der Waals surface area contributed by atoms with Gasteiger partial charge in [-0.05, 0) is 43.5 Å². The Morgan fingerprint density at radius 1 is 1.35 bits per heavy atom. The lowest BCUT2D eigenvalue weighted by atomic mass is 10.1. The van der Waals surface area contributed by atoms with Gasteiger partial charge in [-0.2, -0.15) is 0 Å². The van der Waals surface area contributed by atoms with Gasteiger partial charge in [0.05, 0.1) is 12.1 Å². The molecule has 2 atom stereocenters. The summed E-state index contributed by atoms with van der Waals surface area (Å²) < 4.78 is 5.32. The Bertz CT molecular complexity index is 388. The molecule has 1 aromatic rings. The van der Waals surface area contributed by atoms with Gasteiger partial charge in [0.25, 0.3) is 5.91 Å². The van der Waals surface area contributed by atoms with Crippen molar-refractivity contribution in [2.45, 2.75) is 31.4 Å². The molecule has 1 aliphatic rings. The molecule has 0 saturated heterocycles. The molecule has 0 bridgehead atoms. The van der Waals surface area contributed by atoms with E-state index in [4.69, 9.17) is 9.84 Å². The fourth-order valence-electron chi connectivity index (χ4n) is 2.24. The summed E-state index contributed by atoms with van der Waals surface area (Å²) >= 11 is 0. The van der Waals surface area contributed by atoms with E-state index in [0.717, 1.165) is 19.3 Å². The molecule has 1 aromatic carbocycles. The van der Waals surface area contributed by atoms with Crippen molar-refractivity contribution in [3.05, 3.63) is 29.8 Å². The van der Waals surface area contributed by atoms with Gasteiger partial charge in [0.2, 0.25) is 0 Å². The van der Waals surface area contributed by atoms with E-state index < -0.39 is 0 Å². The van der Waals surface area contributed by atoms with Gasteiger partial charge in [0.15, 0.2) is 0 Å². The maximum absolute atomic E-state index is 11.9. The number of carbonyl (C=O) groups excluding carboxylic acids is 1. The Balaban J connectivity index is 1.99. The first-order valence-electron chi connectivity index (χ1n) is 5.83. The van der Waals surface area contributed by atoms with E-state index in [-0.39, 0.29) is 23.8 Å². The van der Waals surface area contributed by atoms with Crippen LogP contribution in [0.25, 0.3) is 0 Å². The van der Waals surface area contributed by atoms with Crippen LogP contribution in [0.2, 0.25) is 0 Å². The van der Waals surface area contributed by atoms with Crippen LogP contribution in [0.15, 0.2) is 24.3 Å². The highest BCUT2D eigenvalue weighted by atomic mass is 16.5. The fourth-order valence-corrected chi connectivity index (χ4v) is 2.24. The summed E-state index contributed by atoms with van der Waals surface area (Å²) in [7, 11) is 1.68. The van der Waals surface area contributed by atoms with Gasteiger partial charge in [-0.1, -0.05) is 0 Å². The summed E-state index contributed by atoms with van der Waals surface area (Å²) in [4.78, 5) is 11.9.